The molecule has 1 aliphatic rings. The van der Waals surface area contributed by atoms with E-state index in [-0.39, 0.29) is 0 Å². The zero-order valence-electron chi connectivity index (χ0n) is 8.41. The lowest BCUT2D eigenvalue weighted by Gasteiger charge is -2.10. The fraction of sp³-hybridized carbons (Fsp3) is 0.500. The van der Waals surface area contributed by atoms with Crippen molar-refractivity contribution in [3.8, 4) is 11.6 Å². The predicted molar refractivity (Wildman–Crippen MR) is 54.0 cm³/mol. The molecular weight excluding hydrogens is 180 g/mol. The lowest BCUT2D eigenvalue weighted by molar-refractivity contribution is 0.302. The standard InChI is InChI=1S/C10H14N2O2/c1-11-10-8(14-7-3-4-7)5-6-9(12-10)13-2/h5-7H,3-4H2,1-2H3,(H,11,12). The van der Waals surface area contributed by atoms with Crippen molar-refractivity contribution in [2.24, 2.45) is 0 Å². The van der Waals surface area contributed by atoms with E-state index in [1.807, 2.05) is 13.1 Å². The quantitative estimate of drug-likeness (QED) is 0.791. The summed E-state index contributed by atoms with van der Waals surface area (Å²) in [7, 11) is 3.42. The zero-order valence-corrected chi connectivity index (χ0v) is 8.41. The minimum Gasteiger partial charge on any atom is -0.487 e. The first-order valence-corrected chi connectivity index (χ1v) is 4.73. The van der Waals surface area contributed by atoms with E-state index in [4.69, 9.17) is 9.47 Å². The molecule has 1 aromatic rings. The number of anilines is 1. The topological polar surface area (TPSA) is 43.4 Å². The van der Waals surface area contributed by atoms with E-state index >= 15 is 0 Å². The third-order valence-electron chi connectivity index (χ3n) is 2.10. The molecule has 4 heteroatoms. The lowest BCUT2D eigenvalue weighted by Crippen LogP contribution is -2.02. The van der Waals surface area contributed by atoms with Crippen molar-refractivity contribution >= 4 is 5.82 Å². The molecule has 0 radical (unpaired) electrons. The highest BCUT2D eigenvalue weighted by Crippen LogP contribution is 2.31. The van der Waals surface area contributed by atoms with Gasteiger partial charge in [0, 0.05) is 13.1 Å². The highest BCUT2D eigenvalue weighted by atomic mass is 16.5. The van der Waals surface area contributed by atoms with Crippen LogP contribution in [0.5, 0.6) is 11.6 Å². The van der Waals surface area contributed by atoms with Crippen LogP contribution >= 0.6 is 0 Å². The third-order valence-corrected chi connectivity index (χ3v) is 2.10. The summed E-state index contributed by atoms with van der Waals surface area (Å²) in [4.78, 5) is 4.23. The van der Waals surface area contributed by atoms with Gasteiger partial charge in [0.05, 0.1) is 13.2 Å². The van der Waals surface area contributed by atoms with Crippen molar-refractivity contribution in [1.82, 2.24) is 4.98 Å². The van der Waals surface area contributed by atoms with Crippen LogP contribution in [-0.4, -0.2) is 25.2 Å². The minimum absolute atomic E-state index is 0.386. The first-order valence-electron chi connectivity index (χ1n) is 4.73. The van der Waals surface area contributed by atoms with Crippen LogP contribution in [0.2, 0.25) is 0 Å². The fourth-order valence-corrected chi connectivity index (χ4v) is 1.18. The van der Waals surface area contributed by atoms with Crippen LogP contribution in [0.3, 0.4) is 0 Å². The van der Waals surface area contributed by atoms with Gasteiger partial charge in [0.25, 0.3) is 0 Å². The summed E-state index contributed by atoms with van der Waals surface area (Å²) in [5.41, 5.74) is 0. The minimum atomic E-state index is 0.386. The predicted octanol–water partition coefficient (Wildman–Crippen LogP) is 1.67. The van der Waals surface area contributed by atoms with Gasteiger partial charge in [0.15, 0.2) is 11.6 Å². The van der Waals surface area contributed by atoms with Crippen molar-refractivity contribution in [2.75, 3.05) is 19.5 Å². The number of hydrogen-bond acceptors (Lipinski definition) is 4. The Morgan fingerprint density at radius 3 is 2.79 bits per heavy atom. The van der Waals surface area contributed by atoms with Crippen LogP contribution in [0.15, 0.2) is 12.1 Å². The van der Waals surface area contributed by atoms with Gasteiger partial charge in [-0.05, 0) is 18.9 Å². The molecule has 1 heterocycles. The normalized spacial score (nSPS) is 15.0. The highest BCUT2D eigenvalue weighted by molar-refractivity contribution is 5.51. The fourth-order valence-electron chi connectivity index (χ4n) is 1.18. The summed E-state index contributed by atoms with van der Waals surface area (Å²) in [6.07, 6.45) is 2.68. The Balaban J connectivity index is 2.19. The first kappa shape index (κ1) is 9.12. The van der Waals surface area contributed by atoms with Gasteiger partial charge in [0.1, 0.15) is 0 Å². The van der Waals surface area contributed by atoms with Crippen molar-refractivity contribution in [3.05, 3.63) is 12.1 Å². The molecule has 1 fully saturated rings. The van der Waals surface area contributed by atoms with Crippen molar-refractivity contribution in [2.45, 2.75) is 18.9 Å². The Kier molecular flexibility index (Phi) is 2.43. The summed E-state index contributed by atoms with van der Waals surface area (Å²) >= 11 is 0. The molecular formula is C10H14N2O2. The average molecular weight is 194 g/mol. The summed E-state index contributed by atoms with van der Waals surface area (Å²) in [5, 5.41) is 2.99. The third kappa shape index (κ3) is 1.89. The Hall–Kier alpha value is -1.45. The second kappa shape index (κ2) is 3.74. The monoisotopic (exact) mass is 194 g/mol. The maximum atomic E-state index is 5.67. The average Bonchev–Trinajstić information content (AvgIpc) is 3.02. The molecule has 14 heavy (non-hydrogen) atoms. The smallest absolute Gasteiger partial charge is 0.215 e. The number of rotatable bonds is 4. The molecule has 1 N–H and O–H groups in total. The number of nitrogens with one attached hydrogen (secondary N) is 1. The number of methoxy groups -OCH3 is 1. The van der Waals surface area contributed by atoms with Gasteiger partial charge in [-0.3, -0.25) is 0 Å². The van der Waals surface area contributed by atoms with E-state index in [1.54, 1.807) is 13.2 Å². The Labute approximate surface area is 83.2 Å². The Bertz CT molecular complexity index is 324. The molecule has 76 valence electrons. The van der Waals surface area contributed by atoms with E-state index in [0.717, 1.165) is 24.4 Å². The van der Waals surface area contributed by atoms with Crippen LogP contribution in [0.25, 0.3) is 0 Å². The van der Waals surface area contributed by atoms with Crippen molar-refractivity contribution in [1.29, 1.82) is 0 Å². The van der Waals surface area contributed by atoms with Gasteiger partial charge >= 0.3 is 0 Å². The zero-order chi connectivity index (χ0) is 9.97. The Morgan fingerprint density at radius 1 is 1.43 bits per heavy atom. The van der Waals surface area contributed by atoms with Gasteiger partial charge < -0.3 is 14.8 Å². The van der Waals surface area contributed by atoms with E-state index in [2.05, 4.69) is 10.3 Å². The molecule has 0 atom stereocenters. The van der Waals surface area contributed by atoms with E-state index < -0.39 is 0 Å². The summed E-state index contributed by atoms with van der Waals surface area (Å²) < 4.78 is 10.7. The number of aromatic nitrogens is 1. The van der Waals surface area contributed by atoms with Gasteiger partial charge in [-0.2, -0.15) is 4.98 Å². The molecule has 0 saturated heterocycles. The van der Waals surface area contributed by atoms with E-state index in [9.17, 15) is 0 Å². The van der Waals surface area contributed by atoms with Gasteiger partial charge in [0.2, 0.25) is 5.88 Å². The molecule has 4 nitrogen and oxygen atoms in total. The molecule has 0 bridgehead atoms. The maximum Gasteiger partial charge on any atom is 0.215 e. The molecule has 1 aromatic heterocycles. The Morgan fingerprint density at radius 2 is 2.21 bits per heavy atom. The lowest BCUT2D eigenvalue weighted by atomic mass is 10.4. The second-order valence-corrected chi connectivity index (χ2v) is 3.27. The van der Waals surface area contributed by atoms with E-state index in [1.165, 1.54) is 0 Å². The SMILES string of the molecule is CNc1nc(OC)ccc1OC1CC1. The van der Waals surface area contributed by atoms with Gasteiger partial charge in [-0.25, -0.2) is 0 Å². The van der Waals surface area contributed by atoms with E-state index in [0.29, 0.717) is 12.0 Å². The molecule has 2 rings (SSSR count). The summed E-state index contributed by atoms with van der Waals surface area (Å²) in [5.74, 6) is 2.13. The molecule has 1 saturated carbocycles. The van der Waals surface area contributed by atoms with Crippen LogP contribution < -0.4 is 14.8 Å². The van der Waals surface area contributed by atoms with Crippen molar-refractivity contribution in [3.63, 3.8) is 0 Å². The number of ether oxygens (including phenoxy) is 2. The molecule has 0 aromatic carbocycles. The summed E-state index contributed by atoms with van der Waals surface area (Å²) in [6.45, 7) is 0. The van der Waals surface area contributed by atoms with Crippen molar-refractivity contribution < 1.29 is 9.47 Å². The van der Waals surface area contributed by atoms with Crippen LogP contribution in [0.4, 0.5) is 5.82 Å². The largest absolute Gasteiger partial charge is 0.487 e. The molecule has 1 aliphatic carbocycles. The molecule has 0 unspecified atom stereocenters. The highest BCUT2D eigenvalue weighted by Gasteiger charge is 2.24. The number of pyridine rings is 1. The second-order valence-electron chi connectivity index (χ2n) is 3.27. The molecule has 0 aliphatic heterocycles. The van der Waals surface area contributed by atoms with Crippen LogP contribution in [0, 0.1) is 0 Å². The molecule has 0 amide bonds. The number of hydrogen-bond donors (Lipinski definition) is 1. The first-order chi connectivity index (χ1) is 6.83. The maximum absolute atomic E-state index is 5.67. The van der Waals surface area contributed by atoms with Crippen LogP contribution in [-0.2, 0) is 0 Å². The van der Waals surface area contributed by atoms with Crippen LogP contribution in [0.1, 0.15) is 12.8 Å². The summed E-state index contributed by atoms with van der Waals surface area (Å²) in [6, 6.07) is 3.69. The number of nitrogens with zero attached hydrogens (tertiary/aromatic N) is 1. The molecule has 0 spiro atoms. The van der Waals surface area contributed by atoms with Gasteiger partial charge in [-0.1, -0.05) is 0 Å². The van der Waals surface area contributed by atoms with Gasteiger partial charge in [-0.15, -0.1) is 0 Å².